The lowest BCUT2D eigenvalue weighted by Gasteiger charge is -2.29. The molecule has 0 amide bonds. The van der Waals surface area contributed by atoms with Crippen molar-refractivity contribution in [1.29, 1.82) is 0 Å². The van der Waals surface area contributed by atoms with E-state index in [0.29, 0.717) is 28.8 Å². The van der Waals surface area contributed by atoms with Gasteiger partial charge >= 0.3 is 0 Å². The van der Waals surface area contributed by atoms with Crippen molar-refractivity contribution >= 4 is 86.6 Å². The second kappa shape index (κ2) is 14.0. The molecule has 0 saturated heterocycles. The number of aromatic nitrogens is 6. The molecule has 4 aromatic rings. The molecule has 0 spiro atoms. The number of hydrogen-bond donors (Lipinski definition) is 1. The van der Waals surface area contributed by atoms with E-state index in [2.05, 4.69) is 24.9 Å². The Hall–Kier alpha value is -3.72. The summed E-state index contributed by atoms with van der Waals surface area (Å²) in [5.41, 5.74) is 1.58. The van der Waals surface area contributed by atoms with Crippen LogP contribution in [0.3, 0.4) is 0 Å². The number of sulfonamides is 1. The molecule has 2 atom stereocenters. The second-order valence-corrected chi connectivity index (χ2v) is 16.5. The number of nitrogens with zero attached hydrogens (tertiary/aromatic N) is 6. The normalized spacial score (nSPS) is 13.7. The van der Waals surface area contributed by atoms with Crippen LogP contribution >= 0.6 is 0 Å². The molecule has 23 heteroatoms. The molecule has 0 bridgehead atoms. The Morgan fingerprint density at radius 2 is 1.35 bits per heavy atom. The van der Waals surface area contributed by atoms with Gasteiger partial charge in [-0.15, -0.1) is 10.2 Å². The van der Waals surface area contributed by atoms with E-state index < -0.39 is 37.3 Å². The molecule has 3 heterocycles. The fraction of sp³-hybridized carbons (Fsp3) is 0.320. The van der Waals surface area contributed by atoms with Crippen molar-refractivity contribution in [2.75, 3.05) is 11.8 Å². The van der Waals surface area contributed by atoms with Crippen LogP contribution in [0.1, 0.15) is 24.4 Å². The van der Waals surface area contributed by atoms with Crippen molar-refractivity contribution in [2.45, 2.75) is 41.1 Å². The Bertz CT molecular complexity index is 1820. The molecule has 0 aliphatic carbocycles. The number of benzene rings is 1. The third-order valence-electron chi connectivity index (χ3n) is 6.50. The van der Waals surface area contributed by atoms with Gasteiger partial charge in [0.1, 0.15) is 105 Å². The highest BCUT2D eigenvalue weighted by molar-refractivity contribution is 7.93. The van der Waals surface area contributed by atoms with Crippen LogP contribution in [0.15, 0.2) is 48.8 Å². The van der Waals surface area contributed by atoms with Crippen LogP contribution in [0.4, 0.5) is 5.95 Å². The first kappa shape index (κ1) is 37.1. The van der Waals surface area contributed by atoms with E-state index in [1.165, 1.54) is 14.0 Å². The predicted octanol–water partition coefficient (Wildman–Crippen LogP) is -6.39. The van der Waals surface area contributed by atoms with Crippen LogP contribution in [0.25, 0.3) is 17.2 Å². The van der Waals surface area contributed by atoms with E-state index >= 15 is 0 Å². The van der Waals surface area contributed by atoms with E-state index in [0.717, 1.165) is 5.56 Å². The Kier molecular flexibility index (Phi) is 10.8. The van der Waals surface area contributed by atoms with E-state index in [9.17, 15) is 8.42 Å². The first-order chi connectivity index (χ1) is 22.2. The van der Waals surface area contributed by atoms with Crippen LogP contribution in [0, 0.1) is 6.92 Å². The van der Waals surface area contributed by atoms with Crippen molar-refractivity contribution in [2.24, 2.45) is 0 Å². The molecule has 0 radical (unpaired) electrons. The summed E-state index contributed by atoms with van der Waals surface area (Å²) in [7, 11) is 14.5. The zero-order valence-electron chi connectivity index (χ0n) is 29.8. The number of aryl methyl sites for hydroxylation is 1. The summed E-state index contributed by atoms with van der Waals surface area (Å²) >= 11 is 0. The number of para-hydroxylation sites is 1. The van der Waals surface area contributed by atoms with Crippen molar-refractivity contribution in [1.82, 2.24) is 29.7 Å². The monoisotopic (exact) mass is 663 g/mol. The number of rotatable bonds is 14. The number of nitrogens with one attached hydrogen (secondary N) is 1. The maximum atomic E-state index is 14.1. The maximum absolute atomic E-state index is 14.1. The first-order valence-corrected chi connectivity index (χ1v) is 17.2. The van der Waals surface area contributed by atoms with Gasteiger partial charge in [0.05, 0.1) is 0 Å². The van der Waals surface area contributed by atoms with Gasteiger partial charge in [0.2, 0.25) is 21.9 Å². The number of methoxy groups -OCH3 is 1. The van der Waals surface area contributed by atoms with Crippen molar-refractivity contribution < 1.29 is 27.4 Å². The van der Waals surface area contributed by atoms with Gasteiger partial charge in [0.15, 0.2) is 11.6 Å². The molecule has 4 rings (SSSR count). The average molecular weight is 662 g/mol. The smallest absolute Gasteiger partial charge is 0.243 e. The molecule has 0 aliphatic heterocycles. The Balaban J connectivity index is 1.96. The van der Waals surface area contributed by atoms with Crippen molar-refractivity contribution in [3.05, 3.63) is 60.2 Å². The third kappa shape index (κ3) is 9.46. The van der Waals surface area contributed by atoms with Crippen molar-refractivity contribution in [3.63, 3.8) is 0 Å². The van der Waals surface area contributed by atoms with Gasteiger partial charge in [-0.25, -0.2) is 23.4 Å². The van der Waals surface area contributed by atoms with Gasteiger partial charge in [-0.3, -0.25) is 9.29 Å². The van der Waals surface area contributed by atoms with Crippen LogP contribution < -0.4 is 18.9 Å². The Labute approximate surface area is 290 Å². The number of pyridine rings is 1. The highest BCUT2D eigenvalue weighted by Crippen LogP contribution is 2.40. The second-order valence-electron chi connectivity index (χ2n) is 14.4. The molecule has 13 nitrogen and oxygen atoms in total. The standard InChI is InChI=1S/C25H38B9N7O6S/c1-12-10-35-20(36-11-12)19(44-3)13(2)48(42,43)40-22-39-38-21(14-6-4-9-17(37-14)47-25(32,33)34)41(22)18-15(45-23(26,27)28)7-5-8-16(18)46-24(29,30)31/h4-11,13,19H,26-34H2,1-3H3,(H,39,40)/t13-,19-/m0/s1. The van der Waals surface area contributed by atoms with E-state index in [-0.39, 0.29) is 17.6 Å². The fourth-order valence-electron chi connectivity index (χ4n) is 4.62. The van der Waals surface area contributed by atoms with Gasteiger partial charge in [0.25, 0.3) is 0 Å². The summed E-state index contributed by atoms with van der Waals surface area (Å²) in [5, 5.41) is 5.87. The van der Waals surface area contributed by atoms with Crippen LogP contribution in [-0.2, 0) is 14.8 Å². The topological polar surface area (TPSA) is 152 Å². The summed E-state index contributed by atoms with van der Waals surface area (Å²) in [5.74, 6) is 1.50. The van der Waals surface area contributed by atoms with Gasteiger partial charge < -0.3 is 18.9 Å². The molecule has 0 aliphatic rings. The lowest BCUT2D eigenvalue weighted by atomic mass is 9.52. The molecule has 1 aromatic carbocycles. The van der Waals surface area contributed by atoms with Crippen LogP contribution in [-0.4, -0.2) is 137 Å². The molecule has 48 heavy (non-hydrogen) atoms. The summed E-state index contributed by atoms with van der Waals surface area (Å²) in [4.78, 5) is 13.3. The molecule has 3 aromatic heterocycles. The van der Waals surface area contributed by atoms with E-state index in [4.69, 9.17) is 23.9 Å². The highest BCUT2D eigenvalue weighted by atomic mass is 32.2. The maximum Gasteiger partial charge on any atom is 0.243 e. The van der Waals surface area contributed by atoms with Crippen molar-refractivity contribution in [3.8, 4) is 34.6 Å². The van der Waals surface area contributed by atoms with E-state index in [1.807, 2.05) is 83.6 Å². The summed E-state index contributed by atoms with van der Waals surface area (Å²) in [6, 6.07) is 10.6. The molecular formula is C25H38B9N7O6S. The number of anilines is 1. The molecule has 0 fully saturated rings. The minimum Gasteiger partial charge on any atom is -0.511 e. The largest absolute Gasteiger partial charge is 0.511 e. The fourth-order valence-corrected chi connectivity index (χ4v) is 5.76. The summed E-state index contributed by atoms with van der Waals surface area (Å²) in [6.45, 7) is 3.36. The zero-order chi connectivity index (χ0) is 35.7. The lowest BCUT2D eigenvalue weighted by molar-refractivity contribution is 0.0949. The van der Waals surface area contributed by atoms with Gasteiger partial charge in [0, 0.05) is 41.5 Å². The van der Waals surface area contributed by atoms with Gasteiger partial charge in [-0.2, -0.15) is 0 Å². The Morgan fingerprint density at radius 3 is 1.88 bits per heavy atom. The highest BCUT2D eigenvalue weighted by Gasteiger charge is 2.36. The number of hydrogen-bond acceptors (Lipinski definition) is 11. The molecular weight excluding hydrogens is 624 g/mol. The average Bonchev–Trinajstić information content (AvgIpc) is 3.34. The summed E-state index contributed by atoms with van der Waals surface area (Å²) < 4.78 is 56.9. The molecule has 242 valence electrons. The van der Waals surface area contributed by atoms with Crippen LogP contribution in [0.2, 0.25) is 0 Å². The number of ether oxygens (including phenoxy) is 4. The lowest BCUT2D eigenvalue weighted by Crippen LogP contribution is -2.39. The Morgan fingerprint density at radius 1 is 0.812 bits per heavy atom. The van der Waals surface area contributed by atoms with E-state index in [1.54, 1.807) is 47.3 Å². The third-order valence-corrected chi connectivity index (χ3v) is 8.20. The first-order valence-electron chi connectivity index (χ1n) is 15.6. The SMILES string of the molecule is BC(B)(B)Oc1cccc(-c2nnc(NS(=O)(=O)[C@@H](C)[C@H](OC)c3ncc(C)cn3)n2-c2c(OC(B)(B)B)cccc2OC(B)(B)B)n1. The van der Waals surface area contributed by atoms with Gasteiger partial charge in [-0.1, -0.05) is 12.1 Å². The zero-order valence-corrected chi connectivity index (χ0v) is 30.6. The molecule has 1 N–H and O–H groups in total. The molecule has 0 unspecified atom stereocenters. The minimum absolute atomic E-state index is 0.121. The quantitative estimate of drug-likeness (QED) is 0.129. The minimum atomic E-state index is -4.22. The molecule has 0 saturated carbocycles. The van der Waals surface area contributed by atoms with Gasteiger partial charge in [-0.05, 0) is 37.6 Å². The summed E-state index contributed by atoms with van der Waals surface area (Å²) in [6.07, 6.45) is 2.23. The van der Waals surface area contributed by atoms with Crippen LogP contribution in [0.5, 0.6) is 17.4 Å². The predicted molar refractivity (Wildman–Crippen MR) is 210 cm³/mol.